The molecule has 36 heavy (non-hydrogen) atoms. The minimum Gasteiger partial charge on any atom is -0.493 e. The number of halogens is 3. The number of benzene rings is 3. The third-order valence-corrected chi connectivity index (χ3v) is 6.83. The van der Waals surface area contributed by atoms with Gasteiger partial charge in [0.2, 0.25) is 0 Å². The molecule has 1 N–H and O–H groups in total. The van der Waals surface area contributed by atoms with Crippen molar-refractivity contribution in [3.8, 4) is 11.5 Å². The quantitative estimate of drug-likeness (QED) is 0.199. The highest BCUT2D eigenvalue weighted by Gasteiger charge is 2.37. The van der Waals surface area contributed by atoms with E-state index in [1.165, 1.54) is 19.3 Å². The first-order chi connectivity index (χ1) is 17.2. The zero-order chi connectivity index (χ0) is 26.0. The summed E-state index contributed by atoms with van der Waals surface area (Å²) in [6, 6.07) is 14.6. The number of hydrogen-bond donors (Lipinski definition) is 1. The van der Waals surface area contributed by atoms with Crippen molar-refractivity contribution in [2.75, 3.05) is 12.0 Å². The Labute approximate surface area is 231 Å². The molecule has 0 radical (unpaired) electrons. The third-order valence-electron chi connectivity index (χ3n) is 5.37. The van der Waals surface area contributed by atoms with E-state index >= 15 is 0 Å². The van der Waals surface area contributed by atoms with Gasteiger partial charge in [0.25, 0.3) is 11.8 Å². The Hall–Kier alpha value is -3.08. The number of nitrogens with one attached hydrogen (secondary N) is 1. The van der Waals surface area contributed by atoms with Crippen molar-refractivity contribution in [3.63, 3.8) is 0 Å². The Morgan fingerprint density at radius 3 is 2.42 bits per heavy atom. The fraction of sp³-hybridized carbons (Fsp3) is 0.115. The lowest BCUT2D eigenvalue weighted by Gasteiger charge is -2.26. The number of hydrogen-bond acceptors (Lipinski definition) is 5. The van der Waals surface area contributed by atoms with Gasteiger partial charge in [0.1, 0.15) is 12.2 Å². The Bertz CT molecular complexity index is 1410. The number of imide groups is 2. The predicted molar refractivity (Wildman–Crippen MR) is 147 cm³/mol. The number of carbonyl (C=O) groups excluding carboxylic acids is 3. The maximum atomic E-state index is 13.2. The standard InChI is InChI=1S/C26H19Cl2IN2O5/c1-14-3-8-18(12-20(14)28)31-25(33)19(24(32)30-26(31)34)9-16-10-21(29)23(22(11-16)35-2)36-13-15-4-6-17(27)7-5-15/h3-12H,13H2,1-2H3,(H,30,32,34)/b19-9+. The summed E-state index contributed by atoms with van der Waals surface area (Å²) in [7, 11) is 1.50. The topological polar surface area (TPSA) is 84.9 Å². The molecule has 1 aliphatic rings. The molecular weight excluding hydrogens is 618 g/mol. The smallest absolute Gasteiger partial charge is 0.335 e. The fourth-order valence-corrected chi connectivity index (χ4v) is 4.56. The van der Waals surface area contributed by atoms with E-state index in [1.54, 1.807) is 43.3 Å². The van der Waals surface area contributed by atoms with Crippen molar-refractivity contribution in [2.45, 2.75) is 13.5 Å². The SMILES string of the molecule is COc1cc(/C=C2\C(=O)NC(=O)N(c3ccc(C)c(Cl)c3)C2=O)cc(I)c1OCc1ccc(Cl)cc1. The molecule has 3 aromatic carbocycles. The molecular formula is C26H19Cl2IN2O5. The molecule has 10 heteroatoms. The van der Waals surface area contributed by atoms with Crippen LogP contribution < -0.4 is 19.7 Å². The fourth-order valence-electron chi connectivity index (χ4n) is 3.48. The van der Waals surface area contributed by atoms with E-state index in [0.29, 0.717) is 37.3 Å². The van der Waals surface area contributed by atoms with E-state index in [-0.39, 0.29) is 11.3 Å². The number of carbonyl (C=O) groups is 3. The minimum atomic E-state index is -0.847. The second-order valence-electron chi connectivity index (χ2n) is 7.84. The monoisotopic (exact) mass is 636 g/mol. The summed E-state index contributed by atoms with van der Waals surface area (Å²) in [6.45, 7) is 2.10. The number of rotatable bonds is 6. The van der Waals surface area contributed by atoms with E-state index < -0.39 is 17.8 Å². The van der Waals surface area contributed by atoms with Gasteiger partial charge < -0.3 is 9.47 Å². The van der Waals surface area contributed by atoms with Gasteiger partial charge in [-0.25, -0.2) is 9.69 Å². The van der Waals surface area contributed by atoms with Crippen molar-refractivity contribution in [1.82, 2.24) is 5.32 Å². The van der Waals surface area contributed by atoms with Crippen LogP contribution in [-0.4, -0.2) is 25.0 Å². The number of nitrogens with zero attached hydrogens (tertiary/aromatic N) is 1. The summed E-state index contributed by atoms with van der Waals surface area (Å²) >= 11 is 14.2. The molecule has 1 heterocycles. The number of amides is 4. The first-order valence-electron chi connectivity index (χ1n) is 10.6. The minimum absolute atomic E-state index is 0.209. The van der Waals surface area contributed by atoms with Crippen LogP contribution in [0.5, 0.6) is 11.5 Å². The third kappa shape index (κ3) is 5.50. The molecule has 0 unspecified atom stereocenters. The van der Waals surface area contributed by atoms with Crippen molar-refractivity contribution >= 4 is 75.4 Å². The summed E-state index contributed by atoms with van der Waals surface area (Å²) in [5, 5.41) is 3.24. The number of urea groups is 1. The molecule has 0 atom stereocenters. The molecule has 0 aliphatic carbocycles. The van der Waals surface area contributed by atoms with Crippen LogP contribution in [0.1, 0.15) is 16.7 Å². The molecule has 184 valence electrons. The molecule has 1 saturated heterocycles. The summed E-state index contributed by atoms with van der Waals surface area (Å²) in [5.74, 6) is -0.623. The second kappa shape index (κ2) is 10.9. The molecule has 4 rings (SSSR count). The molecule has 3 aromatic rings. The van der Waals surface area contributed by atoms with Gasteiger partial charge in [-0.05, 0) is 88.7 Å². The molecule has 0 spiro atoms. The number of anilines is 1. The maximum Gasteiger partial charge on any atom is 0.335 e. The maximum absolute atomic E-state index is 13.2. The van der Waals surface area contributed by atoms with Gasteiger partial charge in [-0.15, -0.1) is 0 Å². The van der Waals surface area contributed by atoms with Crippen molar-refractivity contribution < 1.29 is 23.9 Å². The van der Waals surface area contributed by atoms with Crippen LogP contribution in [0.25, 0.3) is 6.08 Å². The largest absolute Gasteiger partial charge is 0.493 e. The molecule has 0 aromatic heterocycles. The number of ether oxygens (including phenoxy) is 2. The lowest BCUT2D eigenvalue weighted by molar-refractivity contribution is -0.122. The van der Waals surface area contributed by atoms with Crippen molar-refractivity contribution in [3.05, 3.63) is 90.5 Å². The van der Waals surface area contributed by atoms with Crippen LogP contribution in [0, 0.1) is 10.5 Å². The van der Waals surface area contributed by atoms with E-state index in [2.05, 4.69) is 27.9 Å². The Morgan fingerprint density at radius 2 is 1.75 bits per heavy atom. The lowest BCUT2D eigenvalue weighted by atomic mass is 10.1. The van der Waals surface area contributed by atoms with Gasteiger partial charge in [-0.1, -0.05) is 41.4 Å². The highest BCUT2D eigenvalue weighted by Crippen LogP contribution is 2.36. The van der Waals surface area contributed by atoms with Crippen molar-refractivity contribution in [2.24, 2.45) is 0 Å². The lowest BCUT2D eigenvalue weighted by Crippen LogP contribution is -2.54. The molecule has 0 saturated carbocycles. The van der Waals surface area contributed by atoms with E-state index in [1.807, 2.05) is 12.1 Å². The van der Waals surface area contributed by atoms with Crippen LogP contribution in [0.3, 0.4) is 0 Å². The molecule has 4 amide bonds. The van der Waals surface area contributed by atoms with E-state index in [4.69, 9.17) is 32.7 Å². The molecule has 1 aliphatic heterocycles. The average Bonchev–Trinajstić information content (AvgIpc) is 2.84. The first-order valence-corrected chi connectivity index (χ1v) is 12.4. The van der Waals surface area contributed by atoms with Gasteiger partial charge >= 0.3 is 6.03 Å². The van der Waals surface area contributed by atoms with Gasteiger partial charge in [-0.2, -0.15) is 0 Å². The second-order valence-corrected chi connectivity index (χ2v) is 9.85. The highest BCUT2D eigenvalue weighted by molar-refractivity contribution is 14.1. The van der Waals surface area contributed by atoms with Crippen LogP contribution in [0.2, 0.25) is 10.0 Å². The van der Waals surface area contributed by atoms with Crippen LogP contribution in [0.4, 0.5) is 10.5 Å². The summed E-state index contributed by atoms with van der Waals surface area (Å²) in [6.07, 6.45) is 1.40. The Balaban J connectivity index is 1.64. The van der Waals surface area contributed by atoms with E-state index in [0.717, 1.165) is 16.0 Å². The predicted octanol–water partition coefficient (Wildman–Crippen LogP) is 6.16. The zero-order valence-electron chi connectivity index (χ0n) is 19.1. The molecule has 1 fully saturated rings. The van der Waals surface area contributed by atoms with Gasteiger partial charge in [0.15, 0.2) is 11.5 Å². The van der Waals surface area contributed by atoms with Gasteiger partial charge in [0, 0.05) is 10.0 Å². The normalized spacial score (nSPS) is 14.8. The van der Waals surface area contributed by atoms with Crippen LogP contribution in [-0.2, 0) is 16.2 Å². The van der Waals surface area contributed by atoms with Crippen LogP contribution >= 0.6 is 45.8 Å². The molecule has 7 nitrogen and oxygen atoms in total. The summed E-state index contributed by atoms with van der Waals surface area (Å²) in [5.41, 5.74) is 2.28. The first kappa shape index (κ1) is 26.0. The van der Waals surface area contributed by atoms with Crippen LogP contribution in [0.15, 0.2) is 60.2 Å². The Kier molecular flexibility index (Phi) is 7.87. The summed E-state index contributed by atoms with van der Waals surface area (Å²) in [4.78, 5) is 39.1. The number of aryl methyl sites for hydroxylation is 1. The average molecular weight is 637 g/mol. The van der Waals surface area contributed by atoms with E-state index in [9.17, 15) is 14.4 Å². The van der Waals surface area contributed by atoms with Gasteiger partial charge in [-0.3, -0.25) is 14.9 Å². The van der Waals surface area contributed by atoms with Gasteiger partial charge in [0.05, 0.1) is 16.4 Å². The Morgan fingerprint density at radius 1 is 1.03 bits per heavy atom. The zero-order valence-corrected chi connectivity index (χ0v) is 22.8. The molecule has 0 bridgehead atoms. The highest BCUT2D eigenvalue weighted by atomic mass is 127. The summed E-state index contributed by atoms with van der Waals surface area (Å²) < 4.78 is 12.2. The number of methoxy groups -OCH3 is 1. The number of barbiturate groups is 1. The van der Waals surface area contributed by atoms with Crippen molar-refractivity contribution in [1.29, 1.82) is 0 Å².